The van der Waals surface area contributed by atoms with Gasteiger partial charge < -0.3 is 5.73 Å². The Kier molecular flexibility index (Phi) is 2.80. The molecule has 0 aliphatic heterocycles. The van der Waals surface area contributed by atoms with Crippen LogP contribution in [0.3, 0.4) is 0 Å². The minimum atomic E-state index is -3.89. The fourth-order valence-corrected chi connectivity index (χ4v) is 3.03. The molecule has 2 heterocycles. The quantitative estimate of drug-likeness (QED) is 0.826. The molecule has 0 saturated heterocycles. The summed E-state index contributed by atoms with van der Waals surface area (Å²) in [5.74, 6) is 0.0300. The van der Waals surface area contributed by atoms with Crippen LogP contribution in [0, 0.1) is 6.92 Å². The second-order valence-electron chi connectivity index (χ2n) is 3.35. The second kappa shape index (κ2) is 4.01. The Bertz CT molecular complexity index is 665. The Labute approximate surface area is 103 Å². The highest BCUT2D eigenvalue weighted by molar-refractivity contribution is 7.90. The van der Waals surface area contributed by atoms with Gasteiger partial charge in [0.1, 0.15) is 15.9 Å². The van der Waals surface area contributed by atoms with Crippen LogP contribution in [0.25, 0.3) is 0 Å². The van der Waals surface area contributed by atoms with Gasteiger partial charge in [-0.25, -0.2) is 4.98 Å². The lowest BCUT2D eigenvalue weighted by atomic mass is 10.5. The molecular weight excluding hydrogens is 264 g/mol. The van der Waals surface area contributed by atoms with Crippen LogP contribution in [0.4, 0.5) is 5.82 Å². The van der Waals surface area contributed by atoms with Crippen molar-refractivity contribution in [2.24, 2.45) is 0 Å². The SMILES string of the molecule is Cc1cc(N)n(S(=O)(=O)c2cccnc2Cl)n1. The van der Waals surface area contributed by atoms with E-state index >= 15 is 0 Å². The van der Waals surface area contributed by atoms with Crippen molar-refractivity contribution >= 4 is 27.4 Å². The normalized spacial score (nSPS) is 11.6. The van der Waals surface area contributed by atoms with Crippen LogP contribution in [0.15, 0.2) is 29.3 Å². The first kappa shape index (κ1) is 11.9. The number of nitrogens with two attached hydrogens (primary N) is 1. The van der Waals surface area contributed by atoms with Crippen LogP contribution in [-0.2, 0) is 10.0 Å². The third-order valence-electron chi connectivity index (χ3n) is 2.06. The molecule has 17 heavy (non-hydrogen) atoms. The molecule has 2 N–H and O–H groups in total. The summed E-state index contributed by atoms with van der Waals surface area (Å²) in [6.07, 6.45) is 1.40. The Morgan fingerprint density at radius 3 is 2.71 bits per heavy atom. The molecule has 0 aliphatic rings. The smallest absolute Gasteiger partial charge is 0.287 e. The molecule has 0 unspecified atom stereocenters. The van der Waals surface area contributed by atoms with Crippen LogP contribution in [0.5, 0.6) is 0 Å². The lowest BCUT2D eigenvalue weighted by Crippen LogP contribution is -2.17. The fraction of sp³-hybridized carbons (Fsp3) is 0.111. The standard InChI is InChI=1S/C9H9ClN4O2S/c1-6-5-8(11)14(13-6)17(15,16)7-3-2-4-12-9(7)10/h2-5H,11H2,1H3. The van der Waals surface area contributed by atoms with Gasteiger partial charge >= 0.3 is 0 Å². The molecule has 0 aromatic carbocycles. The Morgan fingerprint density at radius 1 is 1.47 bits per heavy atom. The van der Waals surface area contributed by atoms with Crippen LogP contribution in [0.1, 0.15) is 5.69 Å². The van der Waals surface area contributed by atoms with Crippen molar-refractivity contribution in [3.8, 4) is 0 Å². The van der Waals surface area contributed by atoms with Gasteiger partial charge in [-0.05, 0) is 19.1 Å². The van der Waals surface area contributed by atoms with Gasteiger partial charge in [0, 0.05) is 12.3 Å². The number of rotatable bonds is 2. The van der Waals surface area contributed by atoms with Crippen LogP contribution >= 0.6 is 11.6 Å². The molecule has 0 bridgehead atoms. The van der Waals surface area contributed by atoms with E-state index < -0.39 is 10.0 Å². The van der Waals surface area contributed by atoms with Crippen molar-refractivity contribution < 1.29 is 8.42 Å². The highest BCUT2D eigenvalue weighted by Crippen LogP contribution is 2.22. The van der Waals surface area contributed by atoms with Gasteiger partial charge in [-0.1, -0.05) is 11.6 Å². The molecule has 2 rings (SSSR count). The molecule has 0 saturated carbocycles. The number of nitrogens with zero attached hydrogens (tertiary/aromatic N) is 3. The number of hydrogen-bond donors (Lipinski definition) is 1. The van der Waals surface area contributed by atoms with Crippen molar-refractivity contribution in [1.82, 2.24) is 14.2 Å². The molecule has 0 spiro atoms. The number of pyridine rings is 1. The monoisotopic (exact) mass is 272 g/mol. The molecule has 6 nitrogen and oxygen atoms in total. The van der Waals surface area contributed by atoms with E-state index in [9.17, 15) is 8.42 Å². The predicted molar refractivity (Wildman–Crippen MR) is 63.2 cm³/mol. The third kappa shape index (κ3) is 1.98. The lowest BCUT2D eigenvalue weighted by Gasteiger charge is -2.06. The molecule has 0 aliphatic carbocycles. The zero-order chi connectivity index (χ0) is 12.6. The molecule has 2 aromatic heterocycles. The summed E-state index contributed by atoms with van der Waals surface area (Å²) in [7, 11) is -3.89. The van der Waals surface area contributed by atoms with Gasteiger partial charge in [-0.15, -0.1) is 4.09 Å². The van der Waals surface area contributed by atoms with Crippen molar-refractivity contribution in [3.05, 3.63) is 35.2 Å². The first-order valence-corrected chi connectivity index (χ1v) is 6.43. The van der Waals surface area contributed by atoms with E-state index in [-0.39, 0.29) is 15.9 Å². The van der Waals surface area contributed by atoms with Crippen molar-refractivity contribution in [2.75, 3.05) is 5.73 Å². The minimum Gasteiger partial charge on any atom is -0.383 e. The number of nitrogen functional groups attached to an aromatic ring is 1. The highest BCUT2D eigenvalue weighted by Gasteiger charge is 2.23. The topological polar surface area (TPSA) is 90.9 Å². The van der Waals surface area contributed by atoms with Gasteiger partial charge in [0.2, 0.25) is 0 Å². The average Bonchev–Trinajstić information content (AvgIpc) is 2.59. The first-order valence-electron chi connectivity index (χ1n) is 4.61. The number of halogens is 1. The summed E-state index contributed by atoms with van der Waals surface area (Å²) in [6.45, 7) is 1.65. The van der Waals surface area contributed by atoms with Crippen molar-refractivity contribution in [1.29, 1.82) is 0 Å². The molecule has 0 radical (unpaired) electrons. The van der Waals surface area contributed by atoms with Crippen molar-refractivity contribution in [2.45, 2.75) is 11.8 Å². The van der Waals surface area contributed by atoms with Gasteiger partial charge in [-0.2, -0.15) is 13.5 Å². The number of anilines is 1. The summed E-state index contributed by atoms with van der Waals surface area (Å²) >= 11 is 5.75. The van der Waals surface area contributed by atoms with E-state index in [1.807, 2.05) is 0 Å². The zero-order valence-corrected chi connectivity index (χ0v) is 10.4. The zero-order valence-electron chi connectivity index (χ0n) is 8.83. The van der Waals surface area contributed by atoms with E-state index in [1.54, 1.807) is 6.92 Å². The van der Waals surface area contributed by atoms with E-state index in [2.05, 4.69) is 10.1 Å². The second-order valence-corrected chi connectivity index (χ2v) is 5.44. The van der Waals surface area contributed by atoms with Crippen molar-refractivity contribution in [3.63, 3.8) is 0 Å². The Balaban J connectivity index is 2.66. The maximum atomic E-state index is 12.2. The molecule has 0 amide bonds. The van der Waals surface area contributed by atoms with E-state index in [0.29, 0.717) is 5.69 Å². The number of aryl methyl sites for hydroxylation is 1. The van der Waals surface area contributed by atoms with Gasteiger partial charge in [0.15, 0.2) is 0 Å². The van der Waals surface area contributed by atoms with E-state index in [4.69, 9.17) is 17.3 Å². The van der Waals surface area contributed by atoms with Gasteiger partial charge in [-0.3, -0.25) is 0 Å². The van der Waals surface area contributed by atoms with Crippen LogP contribution in [0.2, 0.25) is 5.15 Å². The Morgan fingerprint density at radius 2 is 2.18 bits per heavy atom. The van der Waals surface area contributed by atoms with Crippen LogP contribution in [-0.4, -0.2) is 22.6 Å². The summed E-state index contributed by atoms with van der Waals surface area (Å²) in [6, 6.07) is 4.29. The van der Waals surface area contributed by atoms with Gasteiger partial charge in [0.05, 0.1) is 5.69 Å². The molecule has 90 valence electrons. The van der Waals surface area contributed by atoms with Crippen LogP contribution < -0.4 is 5.73 Å². The van der Waals surface area contributed by atoms with E-state index in [1.165, 1.54) is 24.4 Å². The summed E-state index contributed by atoms with van der Waals surface area (Å²) in [4.78, 5) is 3.58. The maximum absolute atomic E-state index is 12.2. The molecule has 0 atom stereocenters. The number of aromatic nitrogens is 3. The first-order chi connectivity index (χ1) is 7.93. The largest absolute Gasteiger partial charge is 0.383 e. The molecular formula is C9H9ClN4O2S. The lowest BCUT2D eigenvalue weighted by molar-refractivity contribution is 0.580. The van der Waals surface area contributed by atoms with Gasteiger partial charge in [0.25, 0.3) is 10.0 Å². The third-order valence-corrected chi connectivity index (χ3v) is 4.10. The summed E-state index contributed by atoms with van der Waals surface area (Å²) in [5.41, 5.74) is 6.08. The predicted octanol–water partition coefficient (Wildman–Crippen LogP) is 1.06. The number of hydrogen-bond acceptors (Lipinski definition) is 5. The average molecular weight is 273 g/mol. The molecule has 8 heteroatoms. The molecule has 0 fully saturated rings. The summed E-state index contributed by atoms with van der Waals surface area (Å²) < 4.78 is 25.1. The Hall–Kier alpha value is -1.60. The summed E-state index contributed by atoms with van der Waals surface area (Å²) in [5, 5.41) is 3.71. The molecule has 2 aromatic rings. The highest BCUT2D eigenvalue weighted by atomic mass is 35.5. The van der Waals surface area contributed by atoms with E-state index in [0.717, 1.165) is 4.09 Å². The maximum Gasteiger partial charge on any atom is 0.287 e. The fourth-order valence-electron chi connectivity index (χ4n) is 1.35. The minimum absolute atomic E-state index is 0.0300.